The molecular formula is C22H31FO2. The van der Waals surface area contributed by atoms with Gasteiger partial charge in [-0.15, -0.1) is 0 Å². The topological polar surface area (TPSA) is 40.5 Å². The van der Waals surface area contributed by atoms with Crippen molar-refractivity contribution >= 4 is 0 Å². The number of aliphatic hydroxyl groups is 2. The molecule has 3 aliphatic carbocycles. The van der Waals surface area contributed by atoms with E-state index in [1.54, 1.807) is 12.1 Å². The SMILES string of the molecule is C[C@]12CC[C@@H]3c4ccc(F)cc4CC[C@H]3[C@@H]1CC[C@@]2(O)CCCCO. The van der Waals surface area contributed by atoms with Gasteiger partial charge in [-0.2, -0.15) is 0 Å². The van der Waals surface area contributed by atoms with Gasteiger partial charge in [-0.1, -0.05) is 13.0 Å². The minimum absolute atomic E-state index is 0.00115. The summed E-state index contributed by atoms with van der Waals surface area (Å²) in [6.07, 6.45) is 8.81. The molecule has 0 unspecified atom stereocenters. The lowest BCUT2D eigenvalue weighted by Gasteiger charge is -2.53. The maximum atomic E-state index is 13.6. The van der Waals surface area contributed by atoms with E-state index < -0.39 is 5.60 Å². The molecule has 0 aromatic heterocycles. The Morgan fingerprint density at radius 3 is 2.80 bits per heavy atom. The highest BCUT2D eigenvalue weighted by atomic mass is 19.1. The largest absolute Gasteiger partial charge is 0.396 e. The van der Waals surface area contributed by atoms with E-state index in [2.05, 4.69) is 6.92 Å². The molecule has 3 heteroatoms. The van der Waals surface area contributed by atoms with E-state index >= 15 is 0 Å². The summed E-state index contributed by atoms with van der Waals surface area (Å²) in [4.78, 5) is 0. The lowest BCUT2D eigenvalue weighted by molar-refractivity contribution is -0.108. The van der Waals surface area contributed by atoms with Gasteiger partial charge in [0, 0.05) is 6.61 Å². The van der Waals surface area contributed by atoms with Crippen LogP contribution in [0.1, 0.15) is 75.3 Å². The first kappa shape index (κ1) is 17.5. The van der Waals surface area contributed by atoms with Crippen LogP contribution in [0.4, 0.5) is 4.39 Å². The van der Waals surface area contributed by atoms with Crippen LogP contribution in [-0.2, 0) is 6.42 Å². The van der Waals surface area contributed by atoms with Crippen LogP contribution in [-0.4, -0.2) is 22.4 Å². The van der Waals surface area contributed by atoms with Gasteiger partial charge in [0.25, 0.3) is 0 Å². The summed E-state index contributed by atoms with van der Waals surface area (Å²) in [5.41, 5.74) is 2.01. The van der Waals surface area contributed by atoms with Crippen molar-refractivity contribution in [2.75, 3.05) is 6.61 Å². The standard InChI is InChI=1S/C22H31FO2/c1-21-11-8-18-17-7-5-16(23)14-15(17)4-6-19(18)20(21)9-12-22(21,25)10-2-3-13-24/h5,7,14,18-20,24-25H,2-4,6,8-13H2,1H3/t18-,19-,20+,21+,22+/m1/s1. The molecule has 138 valence electrons. The quantitative estimate of drug-likeness (QED) is 0.784. The molecule has 5 atom stereocenters. The molecular weight excluding hydrogens is 315 g/mol. The molecule has 0 heterocycles. The maximum absolute atomic E-state index is 13.6. The smallest absolute Gasteiger partial charge is 0.123 e. The number of unbranched alkanes of at least 4 members (excludes halogenated alkanes) is 1. The number of rotatable bonds is 4. The van der Waals surface area contributed by atoms with Gasteiger partial charge >= 0.3 is 0 Å². The second-order valence-corrected chi connectivity index (χ2v) is 8.97. The van der Waals surface area contributed by atoms with Gasteiger partial charge in [0.05, 0.1) is 5.60 Å². The number of hydrogen-bond donors (Lipinski definition) is 2. The summed E-state index contributed by atoms with van der Waals surface area (Å²) >= 11 is 0. The average molecular weight is 346 g/mol. The van der Waals surface area contributed by atoms with Crippen molar-refractivity contribution in [2.45, 2.75) is 76.2 Å². The van der Waals surface area contributed by atoms with Crippen LogP contribution >= 0.6 is 0 Å². The Labute approximate surface area is 150 Å². The van der Waals surface area contributed by atoms with E-state index in [9.17, 15) is 9.50 Å². The van der Waals surface area contributed by atoms with Gasteiger partial charge in [0.15, 0.2) is 0 Å². The Hall–Kier alpha value is -0.930. The summed E-state index contributed by atoms with van der Waals surface area (Å²) in [5, 5.41) is 20.5. The second kappa shape index (κ2) is 6.35. The van der Waals surface area contributed by atoms with E-state index in [1.165, 1.54) is 11.1 Å². The van der Waals surface area contributed by atoms with Crippen LogP contribution in [0.3, 0.4) is 0 Å². The summed E-state index contributed by atoms with van der Waals surface area (Å²) < 4.78 is 13.6. The zero-order valence-electron chi connectivity index (χ0n) is 15.3. The van der Waals surface area contributed by atoms with Crippen molar-refractivity contribution in [3.63, 3.8) is 0 Å². The molecule has 2 saturated carbocycles. The predicted octanol–water partition coefficient (Wildman–Crippen LogP) is 4.58. The fraction of sp³-hybridized carbons (Fsp3) is 0.727. The monoisotopic (exact) mass is 346 g/mol. The molecule has 0 saturated heterocycles. The third kappa shape index (κ3) is 2.66. The highest BCUT2D eigenvalue weighted by Gasteiger charge is 2.60. The van der Waals surface area contributed by atoms with Crippen LogP contribution in [0.15, 0.2) is 18.2 Å². The molecule has 0 aliphatic heterocycles. The molecule has 2 nitrogen and oxygen atoms in total. The van der Waals surface area contributed by atoms with Gasteiger partial charge in [-0.25, -0.2) is 4.39 Å². The first-order valence-electron chi connectivity index (χ1n) is 10.1. The summed E-state index contributed by atoms with van der Waals surface area (Å²) in [5.74, 6) is 1.63. The van der Waals surface area contributed by atoms with Gasteiger partial charge in [-0.05, 0) is 104 Å². The van der Waals surface area contributed by atoms with Crippen molar-refractivity contribution in [2.24, 2.45) is 17.3 Å². The summed E-state index contributed by atoms with van der Waals surface area (Å²) in [6.45, 7) is 2.54. The number of hydrogen-bond acceptors (Lipinski definition) is 2. The summed E-state index contributed by atoms with van der Waals surface area (Å²) in [7, 11) is 0. The summed E-state index contributed by atoms with van der Waals surface area (Å²) in [6, 6.07) is 5.38. The number of benzene rings is 1. The fourth-order valence-electron chi connectivity index (χ4n) is 6.60. The highest BCUT2D eigenvalue weighted by Crippen LogP contribution is 2.65. The van der Waals surface area contributed by atoms with E-state index in [-0.39, 0.29) is 17.8 Å². The molecule has 0 bridgehead atoms. The highest BCUT2D eigenvalue weighted by molar-refractivity contribution is 5.35. The first-order chi connectivity index (χ1) is 12.0. The van der Waals surface area contributed by atoms with Gasteiger partial charge in [0.2, 0.25) is 0 Å². The molecule has 2 fully saturated rings. The fourth-order valence-corrected chi connectivity index (χ4v) is 6.60. The maximum Gasteiger partial charge on any atom is 0.123 e. The van der Waals surface area contributed by atoms with Crippen molar-refractivity contribution < 1.29 is 14.6 Å². The minimum Gasteiger partial charge on any atom is -0.396 e. The number of halogens is 1. The van der Waals surface area contributed by atoms with Crippen molar-refractivity contribution in [1.82, 2.24) is 0 Å². The lowest BCUT2D eigenvalue weighted by Crippen LogP contribution is -2.50. The first-order valence-corrected chi connectivity index (χ1v) is 10.1. The molecule has 3 aliphatic rings. The third-order valence-corrected chi connectivity index (χ3v) is 8.01. The van der Waals surface area contributed by atoms with Crippen LogP contribution < -0.4 is 0 Å². The Kier molecular flexibility index (Phi) is 4.44. The molecule has 4 rings (SSSR count). The molecule has 2 N–H and O–H groups in total. The molecule has 0 radical (unpaired) electrons. The van der Waals surface area contributed by atoms with Crippen LogP contribution in [0.25, 0.3) is 0 Å². The van der Waals surface area contributed by atoms with E-state index in [4.69, 9.17) is 5.11 Å². The minimum atomic E-state index is -0.569. The van der Waals surface area contributed by atoms with Crippen molar-refractivity contribution in [1.29, 1.82) is 0 Å². The second-order valence-electron chi connectivity index (χ2n) is 8.97. The Morgan fingerprint density at radius 2 is 2.00 bits per heavy atom. The zero-order chi connectivity index (χ0) is 17.7. The number of aliphatic hydroxyl groups excluding tert-OH is 1. The van der Waals surface area contributed by atoms with E-state index in [0.29, 0.717) is 17.8 Å². The Balaban J connectivity index is 1.59. The van der Waals surface area contributed by atoms with Gasteiger partial charge in [0.1, 0.15) is 5.82 Å². The number of aryl methyl sites for hydroxylation is 1. The molecule has 1 aromatic rings. The van der Waals surface area contributed by atoms with Gasteiger partial charge in [-0.3, -0.25) is 0 Å². The van der Waals surface area contributed by atoms with Gasteiger partial charge < -0.3 is 10.2 Å². The third-order valence-electron chi connectivity index (χ3n) is 8.01. The van der Waals surface area contributed by atoms with Crippen molar-refractivity contribution in [3.05, 3.63) is 35.1 Å². The van der Waals surface area contributed by atoms with E-state index in [0.717, 1.165) is 57.8 Å². The Morgan fingerprint density at radius 1 is 1.16 bits per heavy atom. The van der Waals surface area contributed by atoms with E-state index in [1.807, 2.05) is 6.07 Å². The predicted molar refractivity (Wildman–Crippen MR) is 96.9 cm³/mol. The molecule has 1 aromatic carbocycles. The molecule has 0 spiro atoms. The molecule has 0 amide bonds. The Bertz CT molecular complexity index is 645. The normalized spacial score (nSPS) is 39.6. The molecule has 25 heavy (non-hydrogen) atoms. The lowest BCUT2D eigenvalue weighted by atomic mass is 9.53. The number of fused-ring (bicyclic) bond motifs is 5. The van der Waals surface area contributed by atoms with Crippen molar-refractivity contribution in [3.8, 4) is 0 Å². The average Bonchev–Trinajstić information content (AvgIpc) is 2.86. The van der Waals surface area contributed by atoms with Crippen LogP contribution in [0.2, 0.25) is 0 Å². The van der Waals surface area contributed by atoms with Crippen LogP contribution in [0, 0.1) is 23.1 Å². The van der Waals surface area contributed by atoms with Crippen LogP contribution in [0.5, 0.6) is 0 Å². The zero-order valence-corrected chi connectivity index (χ0v) is 15.3.